The Morgan fingerprint density at radius 2 is 2.00 bits per heavy atom. The highest BCUT2D eigenvalue weighted by Crippen LogP contribution is 2.34. The Morgan fingerprint density at radius 3 is 2.62 bits per heavy atom. The lowest BCUT2D eigenvalue weighted by molar-refractivity contribution is -0.383. The molecule has 0 fully saturated rings. The lowest BCUT2D eigenvalue weighted by atomic mass is 10.2. The summed E-state index contributed by atoms with van der Waals surface area (Å²) in [5, 5.41) is 13.8. The van der Waals surface area contributed by atoms with Crippen molar-refractivity contribution in [3.63, 3.8) is 0 Å². The molecule has 0 saturated carbocycles. The fourth-order valence-corrected chi connectivity index (χ4v) is 2.00. The van der Waals surface area contributed by atoms with Crippen LogP contribution in [0.25, 0.3) is 11.5 Å². The van der Waals surface area contributed by atoms with E-state index in [2.05, 4.69) is 20.3 Å². The fourth-order valence-electron chi connectivity index (χ4n) is 2.00. The predicted octanol–water partition coefficient (Wildman–Crippen LogP) is 1.87. The van der Waals surface area contributed by atoms with Gasteiger partial charge in [0.15, 0.2) is 11.5 Å². The van der Waals surface area contributed by atoms with Gasteiger partial charge in [0.2, 0.25) is 11.8 Å². The van der Waals surface area contributed by atoms with Crippen LogP contribution in [0.5, 0.6) is 0 Å². The minimum atomic E-state index is -0.709. The summed E-state index contributed by atoms with van der Waals surface area (Å²) >= 11 is 0. The molecule has 120 valence electrons. The van der Waals surface area contributed by atoms with Crippen molar-refractivity contribution in [2.24, 2.45) is 0 Å². The van der Waals surface area contributed by atoms with E-state index in [0.717, 1.165) is 0 Å². The average molecular weight is 326 g/mol. The molecule has 3 N–H and O–H groups in total. The van der Waals surface area contributed by atoms with E-state index in [9.17, 15) is 14.9 Å². The van der Waals surface area contributed by atoms with Crippen LogP contribution in [0.1, 0.15) is 10.4 Å². The second kappa shape index (κ2) is 6.12. The summed E-state index contributed by atoms with van der Waals surface area (Å²) in [6.45, 7) is 0. The highest BCUT2D eigenvalue weighted by atomic mass is 16.6. The van der Waals surface area contributed by atoms with Crippen molar-refractivity contribution >= 4 is 23.4 Å². The number of carbonyl (C=O) groups is 1. The number of anilines is 2. The number of nitrogens with one attached hydrogen (secondary N) is 1. The molecule has 0 atom stereocenters. The molecular weight excluding hydrogens is 316 g/mol. The van der Waals surface area contributed by atoms with Crippen LogP contribution in [0.4, 0.5) is 17.5 Å². The van der Waals surface area contributed by atoms with Gasteiger partial charge >= 0.3 is 5.69 Å². The normalized spacial score (nSPS) is 10.3. The van der Waals surface area contributed by atoms with E-state index >= 15 is 0 Å². The number of carbonyl (C=O) groups excluding carboxylic acids is 1. The molecule has 10 nitrogen and oxygen atoms in total. The van der Waals surface area contributed by atoms with Gasteiger partial charge in [-0.05, 0) is 24.3 Å². The van der Waals surface area contributed by atoms with Crippen LogP contribution in [-0.4, -0.2) is 25.8 Å². The molecule has 0 aliphatic carbocycles. The van der Waals surface area contributed by atoms with E-state index in [0.29, 0.717) is 0 Å². The minimum absolute atomic E-state index is 0.123. The van der Waals surface area contributed by atoms with E-state index in [1.165, 1.54) is 36.9 Å². The molecule has 0 radical (unpaired) electrons. The van der Waals surface area contributed by atoms with Crippen LogP contribution in [0.2, 0.25) is 0 Å². The third-order valence-electron chi connectivity index (χ3n) is 3.01. The van der Waals surface area contributed by atoms with Crippen LogP contribution in [0.3, 0.4) is 0 Å². The number of nitro groups is 1. The van der Waals surface area contributed by atoms with Crippen molar-refractivity contribution in [3.8, 4) is 11.5 Å². The Kier molecular flexibility index (Phi) is 3.85. The van der Waals surface area contributed by atoms with Gasteiger partial charge < -0.3 is 15.5 Å². The molecule has 0 aliphatic heterocycles. The first-order chi connectivity index (χ1) is 11.6. The molecule has 3 heterocycles. The number of hydrogen-bond acceptors (Lipinski definition) is 8. The first kappa shape index (κ1) is 15.1. The zero-order valence-corrected chi connectivity index (χ0v) is 12.0. The highest BCUT2D eigenvalue weighted by Gasteiger charge is 2.28. The van der Waals surface area contributed by atoms with Gasteiger partial charge in [-0.2, -0.15) is 4.98 Å². The smallest absolute Gasteiger partial charge is 0.341 e. The fraction of sp³-hybridized carbons (Fsp3) is 0. The minimum Gasteiger partial charge on any atom is -0.462 e. The number of rotatable bonds is 4. The van der Waals surface area contributed by atoms with E-state index in [1.54, 1.807) is 6.07 Å². The molecular formula is C14H10N6O4. The summed E-state index contributed by atoms with van der Waals surface area (Å²) in [6.07, 6.45) is 4.18. The maximum Gasteiger partial charge on any atom is 0.341 e. The van der Waals surface area contributed by atoms with E-state index in [1.807, 2.05) is 0 Å². The van der Waals surface area contributed by atoms with Crippen molar-refractivity contribution in [2.45, 2.75) is 0 Å². The highest BCUT2D eigenvalue weighted by molar-refractivity contribution is 6.05. The van der Waals surface area contributed by atoms with Crippen molar-refractivity contribution in [2.75, 3.05) is 11.1 Å². The SMILES string of the molecule is Nc1nc(NC(=O)c2ccncc2)c([N+](=O)[O-])c(-c2ccco2)n1. The number of nitrogens with zero attached hydrogens (tertiary/aromatic N) is 4. The van der Waals surface area contributed by atoms with Gasteiger partial charge in [-0.1, -0.05) is 0 Å². The summed E-state index contributed by atoms with van der Waals surface area (Å²) in [4.78, 5) is 34.4. The zero-order chi connectivity index (χ0) is 17.1. The number of aromatic nitrogens is 3. The van der Waals surface area contributed by atoms with Gasteiger partial charge in [-0.3, -0.25) is 19.9 Å². The number of pyridine rings is 1. The van der Waals surface area contributed by atoms with Gasteiger partial charge in [-0.25, -0.2) is 4.98 Å². The Balaban J connectivity index is 2.07. The number of nitrogens with two attached hydrogens (primary N) is 1. The van der Waals surface area contributed by atoms with Gasteiger partial charge in [0, 0.05) is 18.0 Å². The third-order valence-corrected chi connectivity index (χ3v) is 3.01. The van der Waals surface area contributed by atoms with Gasteiger partial charge in [0.1, 0.15) is 0 Å². The number of hydrogen-bond donors (Lipinski definition) is 2. The number of nitrogen functional groups attached to an aromatic ring is 1. The van der Waals surface area contributed by atoms with Gasteiger partial charge in [0.25, 0.3) is 5.91 Å². The molecule has 3 rings (SSSR count). The van der Waals surface area contributed by atoms with E-state index < -0.39 is 16.5 Å². The maximum atomic E-state index is 12.2. The number of amides is 1. The summed E-state index contributed by atoms with van der Waals surface area (Å²) in [5.41, 5.74) is 5.23. The monoisotopic (exact) mass is 326 g/mol. The average Bonchev–Trinajstić information content (AvgIpc) is 3.09. The number of furan rings is 1. The second-order valence-corrected chi connectivity index (χ2v) is 4.55. The van der Waals surface area contributed by atoms with Gasteiger partial charge in [0.05, 0.1) is 11.2 Å². The quantitative estimate of drug-likeness (QED) is 0.544. The molecule has 1 amide bonds. The lowest BCUT2D eigenvalue weighted by Gasteiger charge is -2.08. The maximum absolute atomic E-state index is 12.2. The van der Waals surface area contributed by atoms with Crippen LogP contribution in [0.15, 0.2) is 47.3 Å². The Morgan fingerprint density at radius 1 is 1.25 bits per heavy atom. The van der Waals surface area contributed by atoms with E-state index in [4.69, 9.17) is 10.2 Å². The van der Waals surface area contributed by atoms with Crippen molar-refractivity contribution in [3.05, 3.63) is 58.6 Å². The molecule has 0 aromatic carbocycles. The predicted molar refractivity (Wildman–Crippen MR) is 83.0 cm³/mol. The summed E-state index contributed by atoms with van der Waals surface area (Å²) in [7, 11) is 0. The molecule has 0 saturated heterocycles. The van der Waals surface area contributed by atoms with Crippen molar-refractivity contribution in [1.29, 1.82) is 0 Å². The molecule has 0 bridgehead atoms. The summed E-state index contributed by atoms with van der Waals surface area (Å²) in [6, 6.07) is 5.95. The standard InChI is InChI=1S/C14H10N6O4/c15-14-17-10(9-2-1-7-24-9)11(20(22)23)12(19-14)18-13(21)8-3-5-16-6-4-8/h1-7H,(H3,15,17,18,19,21). The molecule has 0 aliphatic rings. The summed E-state index contributed by atoms with van der Waals surface area (Å²) in [5.74, 6) is -1.02. The van der Waals surface area contributed by atoms with E-state index in [-0.39, 0.29) is 28.8 Å². The van der Waals surface area contributed by atoms with Crippen LogP contribution < -0.4 is 11.1 Å². The topological polar surface area (TPSA) is 150 Å². The summed E-state index contributed by atoms with van der Waals surface area (Å²) < 4.78 is 5.14. The first-order valence-corrected chi connectivity index (χ1v) is 6.63. The van der Waals surface area contributed by atoms with Crippen LogP contribution in [-0.2, 0) is 0 Å². The van der Waals surface area contributed by atoms with Crippen LogP contribution in [0, 0.1) is 10.1 Å². The lowest BCUT2D eigenvalue weighted by Crippen LogP contribution is -2.16. The molecule has 0 spiro atoms. The molecule has 24 heavy (non-hydrogen) atoms. The largest absolute Gasteiger partial charge is 0.462 e. The Hall–Kier alpha value is -3.82. The Labute approximate surface area is 134 Å². The third kappa shape index (κ3) is 2.88. The first-order valence-electron chi connectivity index (χ1n) is 6.63. The van der Waals surface area contributed by atoms with Crippen LogP contribution >= 0.6 is 0 Å². The molecule has 10 heteroatoms. The zero-order valence-electron chi connectivity index (χ0n) is 12.0. The second-order valence-electron chi connectivity index (χ2n) is 4.55. The van der Waals surface area contributed by atoms with Gasteiger partial charge in [-0.15, -0.1) is 0 Å². The molecule has 3 aromatic rings. The Bertz CT molecular complexity index is 895. The molecule has 3 aromatic heterocycles. The van der Waals surface area contributed by atoms with Crippen molar-refractivity contribution in [1.82, 2.24) is 15.0 Å². The molecule has 0 unspecified atom stereocenters. The van der Waals surface area contributed by atoms with Crippen molar-refractivity contribution < 1.29 is 14.1 Å².